The van der Waals surface area contributed by atoms with Crippen molar-refractivity contribution in [3.63, 3.8) is 0 Å². The van der Waals surface area contributed by atoms with Crippen molar-refractivity contribution >= 4 is 51.7 Å². The molecule has 0 unspecified atom stereocenters. The van der Waals surface area contributed by atoms with E-state index in [0.717, 1.165) is 5.56 Å². The number of thioether (sulfide) groups is 1. The molecule has 0 saturated carbocycles. The van der Waals surface area contributed by atoms with E-state index in [2.05, 4.69) is 10.3 Å². The molecule has 0 bridgehead atoms. The molecule has 146 valence electrons. The monoisotopic (exact) mass is 422 g/mol. The Hall–Kier alpha value is -2.97. The minimum atomic E-state index is -0.247. The van der Waals surface area contributed by atoms with Crippen molar-refractivity contribution < 1.29 is 4.79 Å². The van der Waals surface area contributed by atoms with Crippen molar-refractivity contribution in [3.8, 4) is 0 Å². The summed E-state index contributed by atoms with van der Waals surface area (Å²) in [5, 5.41) is 3.26. The van der Waals surface area contributed by atoms with E-state index in [4.69, 9.17) is 12.2 Å². The van der Waals surface area contributed by atoms with Crippen molar-refractivity contribution in [1.29, 1.82) is 0 Å². The van der Waals surface area contributed by atoms with Crippen LogP contribution in [0.4, 0.5) is 5.82 Å². The molecule has 1 aliphatic heterocycles. The Labute approximate surface area is 177 Å². The average molecular weight is 423 g/mol. The number of benzene rings is 1. The zero-order valence-electron chi connectivity index (χ0n) is 15.9. The zero-order valence-corrected chi connectivity index (χ0v) is 17.5. The second-order valence-corrected chi connectivity index (χ2v) is 8.36. The molecular weight excluding hydrogens is 404 g/mol. The van der Waals surface area contributed by atoms with E-state index in [1.807, 2.05) is 37.3 Å². The van der Waals surface area contributed by atoms with Gasteiger partial charge in [0, 0.05) is 19.8 Å². The molecule has 6 nitrogen and oxygen atoms in total. The maximum atomic E-state index is 13.1. The van der Waals surface area contributed by atoms with E-state index in [0.29, 0.717) is 32.8 Å². The van der Waals surface area contributed by atoms with Gasteiger partial charge >= 0.3 is 0 Å². The van der Waals surface area contributed by atoms with Gasteiger partial charge in [-0.15, -0.1) is 0 Å². The number of aryl methyl sites for hydroxylation is 1. The number of pyridine rings is 1. The molecule has 1 N–H and O–H groups in total. The number of nitrogens with one attached hydrogen (secondary N) is 1. The lowest BCUT2D eigenvalue weighted by molar-refractivity contribution is -0.121. The average Bonchev–Trinajstić information content (AvgIpc) is 2.96. The largest absolute Gasteiger partial charge is 0.365 e. The first kappa shape index (κ1) is 19.4. The van der Waals surface area contributed by atoms with Gasteiger partial charge in [-0.2, -0.15) is 0 Å². The Bertz CT molecular complexity index is 1220. The smallest absolute Gasteiger partial charge is 0.267 e. The highest BCUT2D eigenvalue weighted by atomic mass is 32.2. The van der Waals surface area contributed by atoms with Gasteiger partial charge in [0.05, 0.1) is 10.5 Å². The normalized spacial score (nSPS) is 15.5. The second kappa shape index (κ2) is 7.81. The molecule has 1 saturated heterocycles. The fraction of sp³-hybridized carbons (Fsp3) is 0.143. The molecule has 1 aliphatic rings. The second-order valence-electron chi connectivity index (χ2n) is 6.69. The summed E-state index contributed by atoms with van der Waals surface area (Å²) in [4.78, 5) is 32.0. The van der Waals surface area contributed by atoms with Crippen LogP contribution in [0.2, 0.25) is 0 Å². The summed E-state index contributed by atoms with van der Waals surface area (Å²) in [7, 11) is 1.63. The molecule has 0 atom stereocenters. The topological polar surface area (TPSA) is 66.7 Å². The third kappa shape index (κ3) is 3.81. The fourth-order valence-corrected chi connectivity index (χ4v) is 4.10. The van der Waals surface area contributed by atoms with Crippen LogP contribution < -0.4 is 10.9 Å². The van der Waals surface area contributed by atoms with Crippen LogP contribution in [-0.4, -0.2) is 31.6 Å². The Morgan fingerprint density at radius 1 is 1.17 bits per heavy atom. The first-order valence-electron chi connectivity index (χ1n) is 8.96. The first-order valence-corrected chi connectivity index (χ1v) is 10.2. The van der Waals surface area contributed by atoms with Gasteiger partial charge in [0.25, 0.3) is 11.5 Å². The van der Waals surface area contributed by atoms with Gasteiger partial charge in [-0.1, -0.05) is 59.9 Å². The molecule has 0 spiro atoms. The van der Waals surface area contributed by atoms with Crippen LogP contribution in [-0.2, 0) is 11.3 Å². The van der Waals surface area contributed by atoms with Crippen molar-refractivity contribution in [2.45, 2.75) is 13.5 Å². The van der Waals surface area contributed by atoms with Crippen LogP contribution >= 0.6 is 24.0 Å². The van der Waals surface area contributed by atoms with Crippen molar-refractivity contribution in [2.75, 3.05) is 12.4 Å². The van der Waals surface area contributed by atoms with Crippen molar-refractivity contribution in [3.05, 3.63) is 80.6 Å². The fourth-order valence-electron chi connectivity index (χ4n) is 2.94. The molecule has 1 amide bonds. The number of likely N-dealkylation sites (N-methyl/N-ethyl adjacent to an activating group) is 1. The zero-order chi connectivity index (χ0) is 20.5. The third-order valence-electron chi connectivity index (χ3n) is 4.61. The summed E-state index contributed by atoms with van der Waals surface area (Å²) in [6, 6.07) is 13.5. The minimum absolute atomic E-state index is 0.220. The lowest BCUT2D eigenvalue weighted by Gasteiger charge is -2.11. The minimum Gasteiger partial charge on any atom is -0.365 e. The number of nitrogens with zero attached hydrogens (tertiary/aromatic N) is 3. The summed E-state index contributed by atoms with van der Waals surface area (Å²) >= 11 is 6.37. The van der Waals surface area contributed by atoms with E-state index >= 15 is 0 Å². The number of rotatable bonds is 4. The van der Waals surface area contributed by atoms with Crippen molar-refractivity contribution in [2.24, 2.45) is 0 Å². The Balaban J connectivity index is 1.78. The standard InChI is InChI=1S/C21H18N4O2S2/c1-13-6-8-14(9-7-13)12-22-18-15(11-16-20(27)24(2)21(28)29-16)19(26)25-10-4-3-5-17(25)23-18/h3-11,22H,12H2,1-2H3. The van der Waals surface area contributed by atoms with Crippen LogP contribution in [0.3, 0.4) is 0 Å². The maximum absolute atomic E-state index is 13.1. The predicted molar refractivity (Wildman–Crippen MR) is 121 cm³/mol. The number of amides is 1. The van der Waals surface area contributed by atoms with Gasteiger partial charge in [0.15, 0.2) is 0 Å². The van der Waals surface area contributed by atoms with Crippen molar-refractivity contribution in [1.82, 2.24) is 14.3 Å². The number of thiocarbonyl (C=S) groups is 1. The Morgan fingerprint density at radius 3 is 2.62 bits per heavy atom. The van der Waals surface area contributed by atoms with Crippen LogP contribution in [0.5, 0.6) is 0 Å². The first-order chi connectivity index (χ1) is 13.9. The number of fused-ring (bicyclic) bond motifs is 1. The lowest BCUT2D eigenvalue weighted by atomic mass is 10.1. The summed E-state index contributed by atoms with van der Waals surface area (Å²) < 4.78 is 1.93. The molecule has 3 aromatic rings. The molecule has 1 aromatic carbocycles. The molecule has 8 heteroatoms. The molecule has 2 aromatic heterocycles. The molecule has 29 heavy (non-hydrogen) atoms. The van der Waals surface area contributed by atoms with Gasteiger partial charge in [0.1, 0.15) is 15.8 Å². The number of aromatic nitrogens is 2. The van der Waals surface area contributed by atoms with Crippen LogP contribution in [0, 0.1) is 6.92 Å². The molecular formula is C21H18N4O2S2. The van der Waals surface area contributed by atoms with E-state index in [1.54, 1.807) is 31.5 Å². The summed E-state index contributed by atoms with van der Waals surface area (Å²) in [6.45, 7) is 2.54. The Morgan fingerprint density at radius 2 is 1.93 bits per heavy atom. The van der Waals surface area contributed by atoms with Gasteiger partial charge in [-0.3, -0.25) is 18.9 Å². The van der Waals surface area contributed by atoms with Gasteiger partial charge in [0.2, 0.25) is 0 Å². The third-order valence-corrected chi connectivity index (χ3v) is 6.10. The number of carbonyl (C=O) groups is 1. The molecule has 0 radical (unpaired) electrons. The van der Waals surface area contributed by atoms with Crippen LogP contribution in [0.25, 0.3) is 11.7 Å². The molecule has 1 fully saturated rings. The number of carbonyl (C=O) groups excluding carboxylic acids is 1. The number of hydrogen-bond acceptors (Lipinski definition) is 6. The van der Waals surface area contributed by atoms with E-state index in [-0.39, 0.29) is 11.5 Å². The quantitative estimate of drug-likeness (QED) is 0.513. The van der Waals surface area contributed by atoms with Gasteiger partial charge < -0.3 is 5.32 Å². The van der Waals surface area contributed by atoms with Crippen LogP contribution in [0.1, 0.15) is 16.7 Å². The van der Waals surface area contributed by atoms with E-state index < -0.39 is 0 Å². The highest BCUT2D eigenvalue weighted by molar-refractivity contribution is 8.26. The predicted octanol–water partition coefficient (Wildman–Crippen LogP) is 3.45. The highest BCUT2D eigenvalue weighted by Gasteiger charge is 2.29. The van der Waals surface area contributed by atoms with E-state index in [1.165, 1.54) is 26.6 Å². The van der Waals surface area contributed by atoms with Crippen LogP contribution in [0.15, 0.2) is 58.4 Å². The maximum Gasteiger partial charge on any atom is 0.267 e. The summed E-state index contributed by atoms with van der Waals surface area (Å²) in [6.07, 6.45) is 3.24. The molecule has 4 rings (SSSR count). The lowest BCUT2D eigenvalue weighted by Crippen LogP contribution is -2.23. The van der Waals surface area contributed by atoms with E-state index in [9.17, 15) is 9.59 Å². The van der Waals surface area contributed by atoms with Gasteiger partial charge in [-0.05, 0) is 30.7 Å². The Kier molecular flexibility index (Phi) is 5.21. The number of hydrogen-bond donors (Lipinski definition) is 1. The summed E-state index contributed by atoms with van der Waals surface area (Å²) in [5.74, 6) is 0.213. The molecule has 3 heterocycles. The molecule has 0 aliphatic carbocycles. The highest BCUT2D eigenvalue weighted by Crippen LogP contribution is 2.31. The number of anilines is 1. The summed E-state index contributed by atoms with van der Waals surface area (Å²) in [5.41, 5.74) is 2.86. The van der Waals surface area contributed by atoms with Gasteiger partial charge in [-0.25, -0.2) is 4.98 Å². The SMILES string of the molecule is Cc1ccc(CNc2nc3ccccn3c(=O)c2C=C2SC(=S)N(C)C2=O)cc1.